The number of carbonyl (C=O) groups excluding carboxylic acids is 1. The summed E-state index contributed by atoms with van der Waals surface area (Å²) in [5.41, 5.74) is 0. The number of thioether (sulfide) groups is 1. The van der Waals surface area contributed by atoms with E-state index < -0.39 is 0 Å². The second kappa shape index (κ2) is 3.46. The Labute approximate surface area is 63.6 Å². The molecule has 0 N–H and O–H groups in total. The lowest BCUT2D eigenvalue weighted by atomic mass is 10.5. The fourth-order valence-corrected chi connectivity index (χ4v) is 1.12. The van der Waals surface area contributed by atoms with Crippen LogP contribution < -0.4 is 0 Å². The Kier molecular flexibility index (Phi) is 2.57. The first-order valence-electron chi connectivity index (χ1n) is 3.05. The van der Waals surface area contributed by atoms with Crippen LogP contribution in [0.5, 0.6) is 0 Å². The number of furan rings is 1. The van der Waals surface area contributed by atoms with Crippen LogP contribution in [0.3, 0.4) is 0 Å². The Morgan fingerprint density at radius 2 is 2.60 bits per heavy atom. The van der Waals surface area contributed by atoms with Crippen LogP contribution in [-0.2, 0) is 0 Å². The molecular formula is C7H8O2S. The van der Waals surface area contributed by atoms with E-state index in [9.17, 15) is 4.79 Å². The van der Waals surface area contributed by atoms with E-state index in [1.807, 2.05) is 6.92 Å². The fraction of sp³-hybridized carbons (Fsp3) is 0.286. The Balaban J connectivity index is 2.59. The van der Waals surface area contributed by atoms with Crippen LogP contribution in [-0.4, -0.2) is 10.9 Å². The molecule has 0 amide bonds. The molecule has 1 aromatic rings. The summed E-state index contributed by atoms with van der Waals surface area (Å²) in [6.45, 7) is 1.94. The third kappa shape index (κ3) is 1.64. The van der Waals surface area contributed by atoms with Gasteiger partial charge in [0.1, 0.15) is 0 Å². The molecule has 0 aromatic carbocycles. The average molecular weight is 156 g/mol. The molecule has 0 aliphatic heterocycles. The van der Waals surface area contributed by atoms with Gasteiger partial charge in [0, 0.05) is 0 Å². The van der Waals surface area contributed by atoms with E-state index >= 15 is 0 Å². The van der Waals surface area contributed by atoms with Gasteiger partial charge in [-0.25, -0.2) is 0 Å². The van der Waals surface area contributed by atoms with Gasteiger partial charge in [0.05, 0.1) is 6.26 Å². The normalized spacial score (nSPS) is 9.70. The molecule has 0 saturated carbocycles. The topological polar surface area (TPSA) is 30.2 Å². The summed E-state index contributed by atoms with van der Waals surface area (Å²) in [5, 5.41) is 0.00694. The summed E-state index contributed by atoms with van der Waals surface area (Å²) in [7, 11) is 0. The smallest absolute Gasteiger partial charge is 0.254 e. The largest absolute Gasteiger partial charge is 0.460 e. The number of carbonyl (C=O) groups is 1. The zero-order valence-corrected chi connectivity index (χ0v) is 6.48. The SMILES string of the molecule is CCSC(=O)c1ccco1. The molecule has 1 aromatic heterocycles. The lowest BCUT2D eigenvalue weighted by Gasteiger charge is -1.89. The van der Waals surface area contributed by atoms with Gasteiger partial charge in [0.2, 0.25) is 0 Å². The van der Waals surface area contributed by atoms with Gasteiger partial charge in [0.25, 0.3) is 5.12 Å². The molecule has 1 heterocycles. The summed E-state index contributed by atoms with van der Waals surface area (Å²) in [6, 6.07) is 3.38. The molecule has 3 heteroatoms. The lowest BCUT2D eigenvalue weighted by molar-refractivity contribution is 0.106. The van der Waals surface area contributed by atoms with E-state index in [4.69, 9.17) is 4.42 Å². The van der Waals surface area contributed by atoms with E-state index in [1.165, 1.54) is 18.0 Å². The van der Waals surface area contributed by atoms with Crippen molar-refractivity contribution in [3.8, 4) is 0 Å². The van der Waals surface area contributed by atoms with E-state index in [0.717, 1.165) is 5.75 Å². The van der Waals surface area contributed by atoms with Crippen molar-refractivity contribution in [3.63, 3.8) is 0 Å². The first kappa shape index (κ1) is 7.41. The van der Waals surface area contributed by atoms with E-state index in [1.54, 1.807) is 12.1 Å². The number of rotatable bonds is 2. The van der Waals surface area contributed by atoms with E-state index in [0.29, 0.717) is 5.76 Å². The Hall–Kier alpha value is -0.700. The van der Waals surface area contributed by atoms with Crippen molar-refractivity contribution in [1.29, 1.82) is 0 Å². The molecule has 10 heavy (non-hydrogen) atoms. The molecule has 0 unspecified atom stereocenters. The van der Waals surface area contributed by atoms with Crippen LogP contribution >= 0.6 is 11.8 Å². The highest BCUT2D eigenvalue weighted by atomic mass is 32.2. The zero-order valence-electron chi connectivity index (χ0n) is 5.66. The first-order valence-corrected chi connectivity index (χ1v) is 4.03. The molecule has 0 spiro atoms. The summed E-state index contributed by atoms with van der Waals surface area (Å²) in [4.78, 5) is 11.0. The summed E-state index contributed by atoms with van der Waals surface area (Å²) >= 11 is 1.26. The maximum atomic E-state index is 11.0. The fourth-order valence-electron chi connectivity index (χ4n) is 0.597. The number of hydrogen-bond acceptors (Lipinski definition) is 3. The molecule has 54 valence electrons. The van der Waals surface area contributed by atoms with Crippen LogP contribution in [0.4, 0.5) is 0 Å². The highest BCUT2D eigenvalue weighted by Crippen LogP contribution is 2.11. The van der Waals surface area contributed by atoms with Crippen LogP contribution in [0.25, 0.3) is 0 Å². The van der Waals surface area contributed by atoms with Gasteiger partial charge in [-0.05, 0) is 17.9 Å². The lowest BCUT2D eigenvalue weighted by Crippen LogP contribution is -1.89. The molecule has 0 aliphatic carbocycles. The summed E-state index contributed by atoms with van der Waals surface area (Å²) in [5.74, 6) is 1.23. The highest BCUT2D eigenvalue weighted by molar-refractivity contribution is 8.14. The monoisotopic (exact) mass is 156 g/mol. The second-order valence-corrected chi connectivity index (χ2v) is 2.93. The van der Waals surface area contributed by atoms with Gasteiger partial charge >= 0.3 is 0 Å². The molecule has 0 atom stereocenters. The highest BCUT2D eigenvalue weighted by Gasteiger charge is 2.06. The van der Waals surface area contributed by atoms with Gasteiger partial charge in [-0.2, -0.15) is 0 Å². The predicted molar refractivity (Wildman–Crippen MR) is 41.2 cm³/mol. The zero-order chi connectivity index (χ0) is 7.40. The Bertz CT molecular complexity index is 203. The molecule has 0 fully saturated rings. The summed E-state index contributed by atoms with van der Waals surface area (Å²) < 4.78 is 4.88. The molecule has 0 aliphatic rings. The van der Waals surface area contributed by atoms with Crippen molar-refractivity contribution in [1.82, 2.24) is 0 Å². The first-order chi connectivity index (χ1) is 4.84. The van der Waals surface area contributed by atoms with Crippen molar-refractivity contribution in [2.24, 2.45) is 0 Å². The third-order valence-corrected chi connectivity index (χ3v) is 1.75. The molecule has 1 rings (SSSR count). The van der Waals surface area contributed by atoms with E-state index in [-0.39, 0.29) is 5.12 Å². The van der Waals surface area contributed by atoms with Crippen LogP contribution in [0.15, 0.2) is 22.8 Å². The van der Waals surface area contributed by atoms with Crippen molar-refractivity contribution < 1.29 is 9.21 Å². The average Bonchev–Trinajstić information content (AvgIpc) is 2.38. The maximum absolute atomic E-state index is 11.0. The van der Waals surface area contributed by atoms with Gasteiger partial charge in [0.15, 0.2) is 5.76 Å². The Morgan fingerprint density at radius 1 is 1.80 bits per heavy atom. The third-order valence-electron chi connectivity index (χ3n) is 0.998. The van der Waals surface area contributed by atoms with E-state index in [2.05, 4.69) is 0 Å². The standard InChI is InChI=1S/C7H8O2S/c1-2-10-7(8)6-4-3-5-9-6/h3-5H,2H2,1H3. The van der Waals surface area contributed by atoms with Crippen LogP contribution in [0, 0.1) is 0 Å². The van der Waals surface area contributed by atoms with Gasteiger partial charge in [-0.15, -0.1) is 0 Å². The number of hydrogen-bond donors (Lipinski definition) is 0. The molecule has 0 radical (unpaired) electrons. The van der Waals surface area contributed by atoms with Gasteiger partial charge < -0.3 is 4.42 Å². The Morgan fingerprint density at radius 3 is 3.10 bits per heavy atom. The maximum Gasteiger partial charge on any atom is 0.254 e. The van der Waals surface area contributed by atoms with Crippen LogP contribution in [0.1, 0.15) is 17.5 Å². The van der Waals surface area contributed by atoms with Crippen molar-refractivity contribution >= 4 is 16.9 Å². The minimum absolute atomic E-state index is 0.00694. The van der Waals surface area contributed by atoms with Gasteiger partial charge in [-0.1, -0.05) is 18.7 Å². The van der Waals surface area contributed by atoms with Crippen LogP contribution in [0.2, 0.25) is 0 Å². The molecule has 2 nitrogen and oxygen atoms in total. The van der Waals surface area contributed by atoms with Crippen molar-refractivity contribution in [3.05, 3.63) is 24.2 Å². The van der Waals surface area contributed by atoms with Crippen molar-refractivity contribution in [2.75, 3.05) is 5.75 Å². The molecule has 0 bridgehead atoms. The molecular weight excluding hydrogens is 148 g/mol. The minimum Gasteiger partial charge on any atom is -0.460 e. The summed E-state index contributed by atoms with van der Waals surface area (Å²) in [6.07, 6.45) is 1.50. The second-order valence-electron chi connectivity index (χ2n) is 1.70. The van der Waals surface area contributed by atoms with Gasteiger partial charge in [-0.3, -0.25) is 4.79 Å². The van der Waals surface area contributed by atoms with Crippen molar-refractivity contribution in [2.45, 2.75) is 6.92 Å². The minimum atomic E-state index is 0.00694. The quantitative estimate of drug-likeness (QED) is 0.657. The predicted octanol–water partition coefficient (Wildman–Crippen LogP) is 2.17. The molecule has 0 saturated heterocycles.